The van der Waals surface area contributed by atoms with Crippen molar-refractivity contribution in [2.75, 3.05) is 18.9 Å². The van der Waals surface area contributed by atoms with E-state index in [2.05, 4.69) is 31.2 Å². The smallest absolute Gasteiger partial charge is 0.144 e. The Balaban J connectivity index is 1.78. The molecule has 0 bridgehead atoms. The van der Waals surface area contributed by atoms with Gasteiger partial charge in [0.15, 0.2) is 0 Å². The van der Waals surface area contributed by atoms with Crippen LogP contribution in [0.1, 0.15) is 30.1 Å². The van der Waals surface area contributed by atoms with Crippen LogP contribution in [0.25, 0.3) is 0 Å². The van der Waals surface area contributed by atoms with Crippen molar-refractivity contribution in [3.05, 3.63) is 48.2 Å². The molecule has 1 atom stereocenters. The van der Waals surface area contributed by atoms with Crippen LogP contribution in [-0.2, 0) is 6.54 Å². The molecule has 1 unspecified atom stereocenters. The first kappa shape index (κ1) is 13.0. The van der Waals surface area contributed by atoms with Crippen molar-refractivity contribution in [1.29, 1.82) is 0 Å². The van der Waals surface area contributed by atoms with E-state index in [1.54, 1.807) is 6.20 Å². The van der Waals surface area contributed by atoms with Gasteiger partial charge in [-0.15, -0.1) is 0 Å². The zero-order valence-electron chi connectivity index (χ0n) is 11.7. The molecule has 3 heterocycles. The summed E-state index contributed by atoms with van der Waals surface area (Å²) in [6, 6.07) is 4.47. The second-order valence-electron chi connectivity index (χ2n) is 5.07. The maximum atomic E-state index is 4.63. The predicted octanol–water partition coefficient (Wildman–Crippen LogP) is 2.25. The van der Waals surface area contributed by atoms with Gasteiger partial charge in [0.1, 0.15) is 5.82 Å². The molecule has 104 valence electrons. The number of nitrogens with one attached hydrogen (secondary N) is 1. The zero-order chi connectivity index (χ0) is 13.8. The number of hydrogen-bond donors (Lipinski definition) is 1. The van der Waals surface area contributed by atoms with E-state index in [1.807, 2.05) is 31.7 Å². The van der Waals surface area contributed by atoms with E-state index in [-0.39, 0.29) is 0 Å². The average molecular weight is 269 g/mol. The van der Waals surface area contributed by atoms with Crippen LogP contribution >= 0.6 is 0 Å². The third kappa shape index (κ3) is 2.77. The van der Waals surface area contributed by atoms with Gasteiger partial charge in [-0.3, -0.25) is 14.9 Å². The summed E-state index contributed by atoms with van der Waals surface area (Å²) < 4.78 is 0. The fourth-order valence-corrected chi connectivity index (χ4v) is 2.74. The van der Waals surface area contributed by atoms with Crippen molar-refractivity contribution < 1.29 is 0 Å². The Kier molecular flexibility index (Phi) is 3.87. The van der Waals surface area contributed by atoms with Gasteiger partial charge in [-0.1, -0.05) is 6.07 Å². The topological polar surface area (TPSA) is 53.9 Å². The highest BCUT2D eigenvalue weighted by atomic mass is 15.2. The summed E-state index contributed by atoms with van der Waals surface area (Å²) in [4.78, 5) is 15.6. The van der Waals surface area contributed by atoms with Crippen LogP contribution in [-0.4, -0.2) is 33.4 Å². The summed E-state index contributed by atoms with van der Waals surface area (Å²) in [5, 5.41) is 3.05. The molecule has 0 aliphatic carbocycles. The van der Waals surface area contributed by atoms with Gasteiger partial charge in [0, 0.05) is 26.0 Å². The summed E-state index contributed by atoms with van der Waals surface area (Å²) in [6.45, 7) is 2.02. The van der Waals surface area contributed by atoms with Gasteiger partial charge in [0.25, 0.3) is 0 Å². The van der Waals surface area contributed by atoms with Gasteiger partial charge < -0.3 is 5.32 Å². The van der Waals surface area contributed by atoms with Crippen molar-refractivity contribution in [2.24, 2.45) is 0 Å². The van der Waals surface area contributed by atoms with Gasteiger partial charge in [0.2, 0.25) is 0 Å². The Labute approximate surface area is 119 Å². The normalized spacial score (nSPS) is 19.1. The zero-order valence-corrected chi connectivity index (χ0v) is 11.7. The number of rotatable bonds is 4. The van der Waals surface area contributed by atoms with Gasteiger partial charge in [-0.2, -0.15) is 0 Å². The molecule has 1 fully saturated rings. The van der Waals surface area contributed by atoms with Crippen molar-refractivity contribution in [2.45, 2.75) is 25.4 Å². The second-order valence-corrected chi connectivity index (χ2v) is 5.07. The van der Waals surface area contributed by atoms with Crippen molar-refractivity contribution in [1.82, 2.24) is 19.9 Å². The lowest BCUT2D eigenvalue weighted by molar-refractivity contribution is 0.244. The number of aromatic nitrogens is 3. The fourth-order valence-electron chi connectivity index (χ4n) is 2.74. The van der Waals surface area contributed by atoms with Gasteiger partial charge in [0.05, 0.1) is 24.1 Å². The molecule has 20 heavy (non-hydrogen) atoms. The Morgan fingerprint density at radius 2 is 2.25 bits per heavy atom. The largest absolute Gasteiger partial charge is 0.372 e. The summed E-state index contributed by atoms with van der Waals surface area (Å²) in [7, 11) is 1.87. The minimum atomic E-state index is 0.357. The van der Waals surface area contributed by atoms with Crippen LogP contribution in [0.2, 0.25) is 0 Å². The molecule has 2 aromatic rings. The summed E-state index contributed by atoms with van der Waals surface area (Å²) in [5.41, 5.74) is 2.30. The molecule has 1 saturated heterocycles. The minimum Gasteiger partial charge on any atom is -0.372 e. The van der Waals surface area contributed by atoms with Crippen molar-refractivity contribution >= 4 is 5.82 Å². The molecule has 0 aromatic carbocycles. The molecular formula is C15H19N5. The summed E-state index contributed by atoms with van der Waals surface area (Å²) in [6.07, 6.45) is 9.73. The first-order chi connectivity index (χ1) is 9.86. The molecule has 3 rings (SSSR count). The number of pyridine rings is 1. The van der Waals surface area contributed by atoms with E-state index in [9.17, 15) is 0 Å². The van der Waals surface area contributed by atoms with E-state index in [0.29, 0.717) is 6.04 Å². The molecule has 5 nitrogen and oxygen atoms in total. The van der Waals surface area contributed by atoms with E-state index < -0.39 is 0 Å². The number of anilines is 1. The highest BCUT2D eigenvalue weighted by Crippen LogP contribution is 2.32. The highest BCUT2D eigenvalue weighted by Gasteiger charge is 2.27. The van der Waals surface area contributed by atoms with Crippen LogP contribution in [0.4, 0.5) is 5.82 Å². The van der Waals surface area contributed by atoms with Crippen molar-refractivity contribution in [3.8, 4) is 0 Å². The quantitative estimate of drug-likeness (QED) is 0.922. The van der Waals surface area contributed by atoms with Crippen LogP contribution in [0.15, 0.2) is 36.9 Å². The summed E-state index contributed by atoms with van der Waals surface area (Å²) in [5.74, 6) is 0.829. The minimum absolute atomic E-state index is 0.357. The lowest BCUT2D eigenvalue weighted by atomic mass is 10.1. The Morgan fingerprint density at radius 3 is 3.05 bits per heavy atom. The predicted molar refractivity (Wildman–Crippen MR) is 78.2 cm³/mol. The number of hydrogen-bond acceptors (Lipinski definition) is 5. The van der Waals surface area contributed by atoms with Gasteiger partial charge in [-0.25, -0.2) is 4.98 Å². The number of nitrogens with zero attached hydrogens (tertiary/aromatic N) is 4. The van der Waals surface area contributed by atoms with E-state index in [4.69, 9.17) is 0 Å². The molecule has 0 radical (unpaired) electrons. The molecule has 2 aromatic heterocycles. The van der Waals surface area contributed by atoms with Gasteiger partial charge >= 0.3 is 0 Å². The van der Waals surface area contributed by atoms with E-state index in [0.717, 1.165) is 31.0 Å². The standard InChI is InChI=1S/C15H19N5/c1-16-15-10-18-9-13(19-15)14-5-3-7-20(14)11-12-4-2-6-17-8-12/h2,4,6,8-10,14H,3,5,7,11H2,1H3,(H,16,19). The first-order valence-electron chi connectivity index (χ1n) is 6.99. The molecule has 1 aliphatic heterocycles. The third-order valence-electron chi connectivity index (χ3n) is 3.72. The maximum absolute atomic E-state index is 4.63. The maximum Gasteiger partial charge on any atom is 0.144 e. The fraction of sp³-hybridized carbons (Fsp3) is 0.400. The molecular weight excluding hydrogens is 250 g/mol. The van der Waals surface area contributed by atoms with E-state index in [1.165, 1.54) is 12.0 Å². The van der Waals surface area contributed by atoms with Crippen LogP contribution < -0.4 is 5.32 Å². The van der Waals surface area contributed by atoms with E-state index >= 15 is 0 Å². The third-order valence-corrected chi connectivity index (χ3v) is 3.72. The second kappa shape index (κ2) is 5.96. The molecule has 5 heteroatoms. The molecule has 1 aliphatic rings. The molecule has 0 spiro atoms. The summed E-state index contributed by atoms with van der Waals surface area (Å²) >= 11 is 0. The molecule has 0 saturated carbocycles. The Hall–Kier alpha value is -2.01. The molecule has 1 N–H and O–H groups in total. The monoisotopic (exact) mass is 269 g/mol. The van der Waals surface area contributed by atoms with Crippen LogP contribution in [0.5, 0.6) is 0 Å². The van der Waals surface area contributed by atoms with Gasteiger partial charge in [-0.05, 0) is 31.0 Å². The SMILES string of the molecule is CNc1cncc(C2CCCN2Cc2cccnc2)n1. The molecule has 0 amide bonds. The Morgan fingerprint density at radius 1 is 1.30 bits per heavy atom. The lowest BCUT2D eigenvalue weighted by Crippen LogP contribution is -2.23. The van der Waals surface area contributed by atoms with Crippen LogP contribution in [0, 0.1) is 0 Å². The van der Waals surface area contributed by atoms with Crippen molar-refractivity contribution in [3.63, 3.8) is 0 Å². The average Bonchev–Trinajstić information content (AvgIpc) is 2.96. The highest BCUT2D eigenvalue weighted by molar-refractivity contribution is 5.31. The lowest BCUT2D eigenvalue weighted by Gasteiger charge is -2.23. The first-order valence-corrected chi connectivity index (χ1v) is 6.99. The van der Waals surface area contributed by atoms with Crippen LogP contribution in [0.3, 0.4) is 0 Å². The number of likely N-dealkylation sites (tertiary alicyclic amines) is 1. The Bertz CT molecular complexity index is 557.